The molecule has 2 rings (SSSR count). The molecule has 0 aliphatic carbocycles. The van der Waals surface area contributed by atoms with E-state index in [0.29, 0.717) is 6.54 Å². The summed E-state index contributed by atoms with van der Waals surface area (Å²) in [6.45, 7) is 0.610. The van der Waals surface area contributed by atoms with E-state index >= 15 is 0 Å². The number of benzene rings is 1. The molecule has 0 saturated heterocycles. The van der Waals surface area contributed by atoms with Crippen molar-refractivity contribution in [3.63, 3.8) is 0 Å². The molecule has 1 atom stereocenters. The Kier molecular flexibility index (Phi) is 1.48. The van der Waals surface area contributed by atoms with Gasteiger partial charge in [-0.15, -0.1) is 0 Å². The Balaban J connectivity index is 2.53. The van der Waals surface area contributed by atoms with Crippen LogP contribution in [0.2, 0.25) is 0 Å². The zero-order valence-corrected chi connectivity index (χ0v) is 6.86. The lowest BCUT2D eigenvalue weighted by atomic mass is 10.1. The number of β-amino-alcohol motifs (C(OH)–C–C–N with tert-alkyl or cyclic N) is 1. The predicted octanol–water partition coefficient (Wildman–Crippen LogP) is 0.875. The highest BCUT2D eigenvalue weighted by molar-refractivity contribution is 5.60. The van der Waals surface area contributed by atoms with Gasteiger partial charge in [0.05, 0.1) is 6.10 Å². The van der Waals surface area contributed by atoms with Crippen LogP contribution in [-0.4, -0.2) is 23.8 Å². The van der Waals surface area contributed by atoms with E-state index in [1.807, 2.05) is 18.0 Å². The van der Waals surface area contributed by atoms with Gasteiger partial charge in [-0.05, 0) is 18.2 Å². The number of aromatic hydroxyl groups is 1. The second kappa shape index (κ2) is 2.38. The highest BCUT2D eigenvalue weighted by Crippen LogP contribution is 2.35. The van der Waals surface area contributed by atoms with Crippen LogP contribution in [0.25, 0.3) is 0 Å². The van der Waals surface area contributed by atoms with Crippen molar-refractivity contribution in [2.45, 2.75) is 6.10 Å². The number of hydrogen-bond acceptors (Lipinski definition) is 3. The van der Waals surface area contributed by atoms with Crippen molar-refractivity contribution in [3.8, 4) is 5.75 Å². The molecule has 1 unspecified atom stereocenters. The van der Waals surface area contributed by atoms with E-state index in [1.165, 1.54) is 0 Å². The molecule has 3 nitrogen and oxygen atoms in total. The molecule has 1 aromatic carbocycles. The summed E-state index contributed by atoms with van der Waals surface area (Å²) in [5.41, 5.74) is 1.82. The minimum atomic E-state index is -0.461. The fraction of sp³-hybridized carbons (Fsp3) is 0.333. The molecule has 0 amide bonds. The van der Waals surface area contributed by atoms with Gasteiger partial charge >= 0.3 is 0 Å². The number of likely N-dealkylation sites (N-methyl/N-ethyl adjacent to an activating group) is 1. The Morgan fingerprint density at radius 3 is 3.00 bits per heavy atom. The summed E-state index contributed by atoms with van der Waals surface area (Å²) in [7, 11) is 1.92. The molecule has 0 fully saturated rings. The van der Waals surface area contributed by atoms with Gasteiger partial charge in [0.25, 0.3) is 0 Å². The van der Waals surface area contributed by atoms with Gasteiger partial charge in [-0.25, -0.2) is 0 Å². The van der Waals surface area contributed by atoms with E-state index in [2.05, 4.69) is 0 Å². The predicted molar refractivity (Wildman–Crippen MR) is 46.3 cm³/mol. The topological polar surface area (TPSA) is 43.7 Å². The number of aliphatic hydroxyl groups excluding tert-OH is 1. The van der Waals surface area contributed by atoms with E-state index < -0.39 is 6.10 Å². The van der Waals surface area contributed by atoms with Gasteiger partial charge in [-0.3, -0.25) is 0 Å². The summed E-state index contributed by atoms with van der Waals surface area (Å²) >= 11 is 0. The maximum absolute atomic E-state index is 9.52. The fourth-order valence-electron chi connectivity index (χ4n) is 1.61. The van der Waals surface area contributed by atoms with Crippen LogP contribution in [-0.2, 0) is 0 Å². The minimum Gasteiger partial charge on any atom is -0.508 e. The summed E-state index contributed by atoms with van der Waals surface area (Å²) in [6, 6.07) is 5.07. The quantitative estimate of drug-likeness (QED) is 0.599. The molecule has 1 heterocycles. The van der Waals surface area contributed by atoms with Crippen LogP contribution in [0.15, 0.2) is 18.2 Å². The lowest BCUT2D eigenvalue weighted by Gasteiger charge is -2.10. The Morgan fingerprint density at radius 2 is 2.25 bits per heavy atom. The van der Waals surface area contributed by atoms with Gasteiger partial charge in [-0.1, -0.05) is 0 Å². The second-order valence-corrected chi connectivity index (χ2v) is 3.14. The smallest absolute Gasteiger partial charge is 0.116 e. The fourth-order valence-corrected chi connectivity index (χ4v) is 1.61. The lowest BCUT2D eigenvalue weighted by Crippen LogP contribution is -2.14. The summed E-state index contributed by atoms with van der Waals surface area (Å²) in [4.78, 5) is 1.97. The van der Waals surface area contributed by atoms with Crippen molar-refractivity contribution in [3.05, 3.63) is 23.8 Å². The molecule has 2 N–H and O–H groups in total. The van der Waals surface area contributed by atoms with E-state index in [1.54, 1.807) is 12.1 Å². The number of aliphatic hydroxyl groups is 1. The van der Waals surface area contributed by atoms with Crippen LogP contribution in [0.3, 0.4) is 0 Å². The summed E-state index contributed by atoms with van der Waals surface area (Å²) in [5, 5.41) is 18.7. The third kappa shape index (κ3) is 0.940. The largest absolute Gasteiger partial charge is 0.508 e. The summed E-state index contributed by atoms with van der Waals surface area (Å²) in [5.74, 6) is 0.211. The van der Waals surface area contributed by atoms with Crippen LogP contribution in [0, 0.1) is 0 Å². The van der Waals surface area contributed by atoms with Crippen LogP contribution >= 0.6 is 0 Å². The Bertz CT molecular complexity index is 311. The van der Waals surface area contributed by atoms with E-state index in [0.717, 1.165) is 11.3 Å². The van der Waals surface area contributed by atoms with Crippen molar-refractivity contribution >= 4 is 5.69 Å². The standard InChI is InChI=1S/C9H11NO2/c1-10-5-9(12)7-4-6(11)2-3-8(7)10/h2-4,9,11-12H,5H2,1H3. The van der Waals surface area contributed by atoms with Gasteiger partial charge in [0, 0.05) is 24.8 Å². The highest BCUT2D eigenvalue weighted by atomic mass is 16.3. The van der Waals surface area contributed by atoms with Crippen molar-refractivity contribution in [2.75, 3.05) is 18.5 Å². The number of fused-ring (bicyclic) bond motifs is 1. The number of hydrogen-bond donors (Lipinski definition) is 2. The molecule has 0 aromatic heterocycles. The van der Waals surface area contributed by atoms with Crippen LogP contribution in [0.4, 0.5) is 5.69 Å². The molecule has 3 heteroatoms. The SMILES string of the molecule is CN1CC(O)c2cc(O)ccc21. The molecule has 0 bridgehead atoms. The van der Waals surface area contributed by atoms with E-state index in [4.69, 9.17) is 0 Å². The molecule has 64 valence electrons. The third-order valence-electron chi connectivity index (χ3n) is 2.23. The van der Waals surface area contributed by atoms with Gasteiger partial charge in [0.15, 0.2) is 0 Å². The molecular formula is C9H11NO2. The van der Waals surface area contributed by atoms with Crippen molar-refractivity contribution in [1.82, 2.24) is 0 Å². The van der Waals surface area contributed by atoms with Gasteiger partial charge < -0.3 is 15.1 Å². The first-order chi connectivity index (χ1) is 5.68. The first-order valence-electron chi connectivity index (χ1n) is 3.90. The highest BCUT2D eigenvalue weighted by Gasteiger charge is 2.24. The molecule has 1 aromatic rings. The number of phenols is 1. The van der Waals surface area contributed by atoms with Crippen LogP contribution in [0.5, 0.6) is 5.75 Å². The van der Waals surface area contributed by atoms with E-state index in [9.17, 15) is 10.2 Å². The van der Waals surface area contributed by atoms with E-state index in [-0.39, 0.29) is 5.75 Å². The summed E-state index contributed by atoms with van der Waals surface area (Å²) in [6.07, 6.45) is -0.461. The number of phenolic OH excluding ortho intramolecular Hbond substituents is 1. The molecule has 0 radical (unpaired) electrons. The molecule has 0 saturated carbocycles. The maximum atomic E-state index is 9.52. The maximum Gasteiger partial charge on any atom is 0.116 e. The average Bonchev–Trinajstić information content (AvgIpc) is 2.28. The third-order valence-corrected chi connectivity index (χ3v) is 2.23. The van der Waals surface area contributed by atoms with Crippen molar-refractivity contribution in [1.29, 1.82) is 0 Å². The summed E-state index contributed by atoms with van der Waals surface area (Å²) < 4.78 is 0. The Hall–Kier alpha value is -1.22. The van der Waals surface area contributed by atoms with Gasteiger partial charge in [-0.2, -0.15) is 0 Å². The molecule has 1 aliphatic rings. The normalized spacial score (nSPS) is 21.2. The van der Waals surface area contributed by atoms with Crippen molar-refractivity contribution in [2.24, 2.45) is 0 Å². The van der Waals surface area contributed by atoms with Crippen LogP contribution in [0.1, 0.15) is 11.7 Å². The monoisotopic (exact) mass is 165 g/mol. The average molecular weight is 165 g/mol. The molecular weight excluding hydrogens is 154 g/mol. The van der Waals surface area contributed by atoms with Crippen LogP contribution < -0.4 is 4.90 Å². The lowest BCUT2D eigenvalue weighted by molar-refractivity contribution is 0.195. The Labute approximate surface area is 70.9 Å². The number of rotatable bonds is 0. The van der Waals surface area contributed by atoms with Crippen molar-refractivity contribution < 1.29 is 10.2 Å². The first-order valence-corrected chi connectivity index (χ1v) is 3.90. The Morgan fingerprint density at radius 1 is 1.50 bits per heavy atom. The first kappa shape index (κ1) is 7.43. The van der Waals surface area contributed by atoms with Gasteiger partial charge in [0.2, 0.25) is 0 Å². The second-order valence-electron chi connectivity index (χ2n) is 3.14. The zero-order chi connectivity index (χ0) is 8.72. The molecule has 0 spiro atoms. The van der Waals surface area contributed by atoms with Gasteiger partial charge in [0.1, 0.15) is 5.75 Å². The number of nitrogens with zero attached hydrogens (tertiary/aromatic N) is 1. The zero-order valence-electron chi connectivity index (χ0n) is 6.86. The molecule has 12 heavy (non-hydrogen) atoms. The minimum absolute atomic E-state index is 0.211. The molecule has 1 aliphatic heterocycles. The number of anilines is 1.